The van der Waals surface area contributed by atoms with Crippen LogP contribution in [0.1, 0.15) is 43.5 Å². The zero-order chi connectivity index (χ0) is 13.8. The van der Waals surface area contributed by atoms with Crippen molar-refractivity contribution < 1.29 is 9.90 Å². The molecule has 0 aromatic heterocycles. The van der Waals surface area contributed by atoms with E-state index in [1.54, 1.807) is 12.1 Å². The Labute approximate surface area is 114 Å². The summed E-state index contributed by atoms with van der Waals surface area (Å²) in [6, 6.07) is 7.42. The monoisotopic (exact) mass is 259 g/mol. The molecule has 3 nitrogen and oxygen atoms in total. The summed E-state index contributed by atoms with van der Waals surface area (Å²) >= 11 is 0. The van der Waals surface area contributed by atoms with Crippen molar-refractivity contribution in [3.05, 3.63) is 41.5 Å². The van der Waals surface area contributed by atoms with Crippen molar-refractivity contribution in [3.63, 3.8) is 0 Å². The highest BCUT2D eigenvalue weighted by molar-refractivity contribution is 5.88. The molecule has 0 radical (unpaired) electrons. The van der Waals surface area contributed by atoms with Gasteiger partial charge in [0.15, 0.2) is 0 Å². The van der Waals surface area contributed by atoms with Crippen LogP contribution in [0.2, 0.25) is 0 Å². The van der Waals surface area contributed by atoms with Crippen LogP contribution in [-0.2, 0) is 0 Å². The first-order valence-corrected chi connectivity index (χ1v) is 6.82. The van der Waals surface area contributed by atoms with Gasteiger partial charge in [-0.2, -0.15) is 0 Å². The minimum atomic E-state index is -0.881. The highest BCUT2D eigenvalue weighted by atomic mass is 16.4. The van der Waals surface area contributed by atoms with Crippen molar-refractivity contribution in [1.82, 2.24) is 0 Å². The summed E-state index contributed by atoms with van der Waals surface area (Å²) in [6.45, 7) is 4.45. The van der Waals surface area contributed by atoms with Crippen molar-refractivity contribution in [1.29, 1.82) is 0 Å². The molecule has 1 aromatic rings. The molecule has 2 unspecified atom stereocenters. The molecule has 1 aliphatic rings. The van der Waals surface area contributed by atoms with Crippen LogP contribution in [0.3, 0.4) is 0 Å². The molecule has 0 heterocycles. The number of allylic oxidation sites excluding steroid dienone is 1. The molecule has 0 bridgehead atoms. The molecule has 19 heavy (non-hydrogen) atoms. The number of carboxylic acids is 1. The average Bonchev–Trinajstić information content (AvgIpc) is 2.52. The summed E-state index contributed by atoms with van der Waals surface area (Å²) in [7, 11) is 0. The lowest BCUT2D eigenvalue weighted by atomic mass is 9.95. The molecular weight excluding hydrogens is 238 g/mol. The summed E-state index contributed by atoms with van der Waals surface area (Å²) in [5.74, 6) is -0.263. The molecule has 3 heteroatoms. The van der Waals surface area contributed by atoms with Gasteiger partial charge in [-0.15, -0.1) is 0 Å². The standard InChI is InChI=1S/C16H21NO2/c1-11-4-3-5-12(2)15(10-11)17-14-8-6-13(7-9-14)16(18)19/h4,6-9,12,15,17H,3,5,10H2,1-2H3,(H,18,19). The lowest BCUT2D eigenvalue weighted by Crippen LogP contribution is -2.26. The maximum atomic E-state index is 10.8. The number of anilines is 1. The van der Waals surface area contributed by atoms with Crippen LogP contribution in [0, 0.1) is 5.92 Å². The van der Waals surface area contributed by atoms with E-state index in [1.165, 1.54) is 12.0 Å². The molecule has 102 valence electrons. The van der Waals surface area contributed by atoms with E-state index < -0.39 is 5.97 Å². The Morgan fingerprint density at radius 2 is 2.00 bits per heavy atom. The van der Waals surface area contributed by atoms with Gasteiger partial charge in [-0.25, -0.2) is 4.79 Å². The Kier molecular flexibility index (Phi) is 4.25. The first-order chi connectivity index (χ1) is 9.06. The minimum absolute atomic E-state index is 0.329. The van der Waals surface area contributed by atoms with Crippen LogP contribution in [0.15, 0.2) is 35.9 Å². The largest absolute Gasteiger partial charge is 0.478 e. The Hall–Kier alpha value is -1.77. The molecule has 0 saturated heterocycles. The normalized spacial score (nSPS) is 23.4. The first-order valence-electron chi connectivity index (χ1n) is 6.82. The van der Waals surface area contributed by atoms with Gasteiger partial charge in [0.25, 0.3) is 0 Å². The molecule has 1 aromatic carbocycles. The van der Waals surface area contributed by atoms with Gasteiger partial charge in [0.05, 0.1) is 5.56 Å². The van der Waals surface area contributed by atoms with E-state index in [4.69, 9.17) is 5.11 Å². The van der Waals surface area contributed by atoms with Crippen molar-refractivity contribution in [2.24, 2.45) is 5.92 Å². The Morgan fingerprint density at radius 3 is 2.63 bits per heavy atom. The van der Waals surface area contributed by atoms with Crippen LogP contribution in [-0.4, -0.2) is 17.1 Å². The molecule has 1 aliphatic carbocycles. The van der Waals surface area contributed by atoms with Crippen LogP contribution in [0.4, 0.5) is 5.69 Å². The number of carbonyl (C=O) groups is 1. The molecule has 2 atom stereocenters. The Morgan fingerprint density at radius 1 is 1.32 bits per heavy atom. The van der Waals surface area contributed by atoms with E-state index in [-0.39, 0.29) is 0 Å². The Bertz CT molecular complexity index is 476. The van der Waals surface area contributed by atoms with E-state index in [0.717, 1.165) is 18.5 Å². The summed E-state index contributed by atoms with van der Waals surface area (Å²) in [5.41, 5.74) is 2.76. The van der Waals surface area contributed by atoms with Gasteiger partial charge in [0.1, 0.15) is 0 Å². The third-order valence-electron chi connectivity index (χ3n) is 3.83. The SMILES string of the molecule is CC1=CCCC(C)C(Nc2ccc(C(=O)O)cc2)C1. The lowest BCUT2D eigenvalue weighted by Gasteiger charge is -2.24. The molecule has 2 rings (SSSR count). The maximum absolute atomic E-state index is 10.8. The van der Waals surface area contributed by atoms with Gasteiger partial charge in [-0.05, 0) is 56.4 Å². The van der Waals surface area contributed by atoms with Gasteiger partial charge in [0, 0.05) is 11.7 Å². The fourth-order valence-corrected chi connectivity index (χ4v) is 2.54. The number of carboxylic acid groups (broad SMARTS) is 1. The minimum Gasteiger partial charge on any atom is -0.478 e. The zero-order valence-electron chi connectivity index (χ0n) is 11.5. The highest BCUT2D eigenvalue weighted by Crippen LogP contribution is 2.26. The van der Waals surface area contributed by atoms with Crippen LogP contribution >= 0.6 is 0 Å². The summed E-state index contributed by atoms with van der Waals surface area (Å²) < 4.78 is 0. The van der Waals surface area contributed by atoms with Crippen molar-refractivity contribution in [2.75, 3.05) is 5.32 Å². The first kappa shape index (κ1) is 13.7. The van der Waals surface area contributed by atoms with Gasteiger partial charge in [-0.3, -0.25) is 0 Å². The number of hydrogen-bond acceptors (Lipinski definition) is 2. The molecular formula is C16H21NO2. The summed E-state index contributed by atoms with van der Waals surface area (Å²) in [5, 5.41) is 12.4. The number of benzene rings is 1. The lowest BCUT2D eigenvalue weighted by molar-refractivity contribution is 0.0697. The summed E-state index contributed by atoms with van der Waals surface area (Å²) in [6.07, 6.45) is 5.74. The summed E-state index contributed by atoms with van der Waals surface area (Å²) in [4.78, 5) is 10.8. The third kappa shape index (κ3) is 3.60. The number of aromatic carboxylic acids is 1. The van der Waals surface area contributed by atoms with Crippen LogP contribution in [0.25, 0.3) is 0 Å². The second-order valence-electron chi connectivity index (χ2n) is 5.44. The van der Waals surface area contributed by atoms with E-state index in [0.29, 0.717) is 17.5 Å². The van der Waals surface area contributed by atoms with E-state index in [1.807, 2.05) is 12.1 Å². The smallest absolute Gasteiger partial charge is 0.335 e. The van der Waals surface area contributed by atoms with Crippen LogP contribution in [0.5, 0.6) is 0 Å². The maximum Gasteiger partial charge on any atom is 0.335 e. The van der Waals surface area contributed by atoms with Crippen molar-refractivity contribution in [3.8, 4) is 0 Å². The second kappa shape index (κ2) is 5.91. The fourth-order valence-electron chi connectivity index (χ4n) is 2.54. The molecule has 0 fully saturated rings. The predicted molar refractivity (Wildman–Crippen MR) is 77.6 cm³/mol. The van der Waals surface area contributed by atoms with Gasteiger partial charge in [-0.1, -0.05) is 18.6 Å². The number of hydrogen-bond donors (Lipinski definition) is 2. The van der Waals surface area contributed by atoms with Crippen molar-refractivity contribution >= 4 is 11.7 Å². The molecule has 0 spiro atoms. The average molecular weight is 259 g/mol. The Balaban J connectivity index is 2.06. The number of rotatable bonds is 3. The van der Waals surface area contributed by atoms with Crippen LogP contribution < -0.4 is 5.32 Å². The highest BCUT2D eigenvalue weighted by Gasteiger charge is 2.19. The van der Waals surface area contributed by atoms with E-state index in [2.05, 4.69) is 25.2 Å². The topological polar surface area (TPSA) is 49.3 Å². The molecule has 0 saturated carbocycles. The van der Waals surface area contributed by atoms with E-state index in [9.17, 15) is 4.79 Å². The fraction of sp³-hybridized carbons (Fsp3) is 0.438. The van der Waals surface area contributed by atoms with Gasteiger partial charge >= 0.3 is 5.97 Å². The second-order valence-corrected chi connectivity index (χ2v) is 5.44. The molecule has 2 N–H and O–H groups in total. The molecule has 0 amide bonds. The number of nitrogens with one attached hydrogen (secondary N) is 1. The predicted octanol–water partition coefficient (Wildman–Crippen LogP) is 3.93. The van der Waals surface area contributed by atoms with Gasteiger partial charge < -0.3 is 10.4 Å². The zero-order valence-corrected chi connectivity index (χ0v) is 11.5. The van der Waals surface area contributed by atoms with E-state index >= 15 is 0 Å². The third-order valence-corrected chi connectivity index (χ3v) is 3.83. The quantitative estimate of drug-likeness (QED) is 0.808. The van der Waals surface area contributed by atoms with Crippen molar-refractivity contribution in [2.45, 2.75) is 39.2 Å². The molecule has 0 aliphatic heterocycles. The van der Waals surface area contributed by atoms with Gasteiger partial charge in [0.2, 0.25) is 0 Å².